The van der Waals surface area contributed by atoms with E-state index in [0.717, 1.165) is 17.1 Å². The molecular formula is C13H14F3N3O. The van der Waals surface area contributed by atoms with Gasteiger partial charge in [0.25, 0.3) is 0 Å². The zero-order valence-corrected chi connectivity index (χ0v) is 10.5. The zero-order valence-electron chi connectivity index (χ0n) is 10.5. The first-order chi connectivity index (χ1) is 9.35. The van der Waals surface area contributed by atoms with E-state index >= 15 is 0 Å². The number of aromatic nitrogens is 2. The summed E-state index contributed by atoms with van der Waals surface area (Å²) in [5.74, 6) is 0. The van der Waals surface area contributed by atoms with Gasteiger partial charge in [-0.15, -0.1) is 0 Å². The fourth-order valence-electron chi connectivity index (χ4n) is 1.89. The van der Waals surface area contributed by atoms with Crippen LogP contribution in [0.4, 0.5) is 13.2 Å². The Labute approximate surface area is 113 Å². The molecule has 1 unspecified atom stereocenters. The van der Waals surface area contributed by atoms with Crippen LogP contribution in [0.5, 0.6) is 0 Å². The van der Waals surface area contributed by atoms with Gasteiger partial charge in [-0.3, -0.25) is 4.68 Å². The van der Waals surface area contributed by atoms with Crippen LogP contribution in [0, 0.1) is 0 Å². The van der Waals surface area contributed by atoms with Crippen LogP contribution in [0.3, 0.4) is 0 Å². The van der Waals surface area contributed by atoms with Crippen molar-refractivity contribution in [3.05, 3.63) is 53.9 Å². The number of aliphatic hydroxyl groups is 1. The normalized spacial score (nSPS) is 15.1. The number of rotatable bonds is 4. The quantitative estimate of drug-likeness (QED) is 0.899. The van der Waals surface area contributed by atoms with E-state index < -0.39 is 23.9 Å². The Morgan fingerprint density at radius 1 is 1.15 bits per heavy atom. The summed E-state index contributed by atoms with van der Waals surface area (Å²) in [6.07, 6.45) is -2.83. The van der Waals surface area contributed by atoms with Gasteiger partial charge in [-0.05, 0) is 5.56 Å². The summed E-state index contributed by atoms with van der Waals surface area (Å²) in [7, 11) is 0. The molecule has 0 aliphatic carbocycles. The molecule has 1 atom stereocenters. The second-order valence-corrected chi connectivity index (χ2v) is 4.60. The number of hydrogen-bond donors (Lipinski definition) is 2. The summed E-state index contributed by atoms with van der Waals surface area (Å²) in [6.45, 7) is -0.457. The summed E-state index contributed by atoms with van der Waals surface area (Å²) in [5, 5.41) is 13.1. The maximum absolute atomic E-state index is 12.5. The van der Waals surface area contributed by atoms with Crippen molar-refractivity contribution in [1.82, 2.24) is 9.78 Å². The molecule has 0 saturated carbocycles. The molecule has 2 rings (SSSR count). The smallest absolute Gasteiger partial charge is 0.394 e. The third kappa shape index (κ3) is 3.00. The maximum Gasteiger partial charge on any atom is 0.419 e. The van der Waals surface area contributed by atoms with Crippen molar-refractivity contribution >= 4 is 0 Å². The number of halogens is 3. The van der Waals surface area contributed by atoms with E-state index in [4.69, 9.17) is 5.73 Å². The topological polar surface area (TPSA) is 64.1 Å². The molecule has 1 heterocycles. The molecule has 1 aromatic heterocycles. The number of nitrogens with zero attached hydrogens (tertiary/aromatic N) is 2. The van der Waals surface area contributed by atoms with Gasteiger partial charge in [0.1, 0.15) is 0 Å². The van der Waals surface area contributed by atoms with E-state index in [0.29, 0.717) is 5.56 Å². The highest BCUT2D eigenvalue weighted by molar-refractivity contribution is 5.24. The van der Waals surface area contributed by atoms with Gasteiger partial charge >= 0.3 is 6.18 Å². The molecule has 0 spiro atoms. The predicted molar refractivity (Wildman–Crippen MR) is 66.6 cm³/mol. The standard InChI is InChI=1S/C13H14F3N3O/c14-13(15,16)11-6-18-19(7-11)8-12(17,9-20)10-4-2-1-3-5-10/h1-7,20H,8-9,17H2. The number of hydrogen-bond acceptors (Lipinski definition) is 3. The van der Waals surface area contributed by atoms with Crippen molar-refractivity contribution in [1.29, 1.82) is 0 Å². The monoisotopic (exact) mass is 285 g/mol. The highest BCUT2D eigenvalue weighted by Crippen LogP contribution is 2.29. The van der Waals surface area contributed by atoms with E-state index in [-0.39, 0.29) is 6.54 Å². The molecular weight excluding hydrogens is 271 g/mol. The van der Waals surface area contributed by atoms with Crippen molar-refractivity contribution in [3.8, 4) is 0 Å². The fourth-order valence-corrected chi connectivity index (χ4v) is 1.89. The van der Waals surface area contributed by atoms with Gasteiger partial charge in [0.2, 0.25) is 0 Å². The van der Waals surface area contributed by atoms with E-state index in [1.54, 1.807) is 30.3 Å². The molecule has 4 nitrogen and oxygen atoms in total. The molecule has 0 radical (unpaired) electrons. The van der Waals surface area contributed by atoms with Crippen LogP contribution in [0.2, 0.25) is 0 Å². The molecule has 3 N–H and O–H groups in total. The first-order valence-corrected chi connectivity index (χ1v) is 5.90. The summed E-state index contributed by atoms with van der Waals surface area (Å²) in [6, 6.07) is 8.71. The van der Waals surface area contributed by atoms with Crippen LogP contribution in [0.15, 0.2) is 42.7 Å². The van der Waals surface area contributed by atoms with Gasteiger partial charge < -0.3 is 10.8 Å². The first kappa shape index (κ1) is 14.5. The Kier molecular flexibility index (Phi) is 3.82. The van der Waals surface area contributed by atoms with Gasteiger partial charge in [-0.2, -0.15) is 18.3 Å². The fraction of sp³-hybridized carbons (Fsp3) is 0.308. The molecule has 0 aliphatic rings. The lowest BCUT2D eigenvalue weighted by molar-refractivity contribution is -0.137. The third-order valence-electron chi connectivity index (χ3n) is 3.04. The molecule has 0 saturated heterocycles. The van der Waals surface area contributed by atoms with Gasteiger partial charge in [-0.25, -0.2) is 0 Å². The number of alkyl halides is 3. The Hall–Kier alpha value is -1.86. The summed E-state index contributed by atoms with van der Waals surface area (Å²) in [4.78, 5) is 0. The minimum Gasteiger partial charge on any atom is -0.394 e. The van der Waals surface area contributed by atoms with Gasteiger partial charge in [0.15, 0.2) is 0 Å². The predicted octanol–water partition coefficient (Wildman–Crippen LogP) is 1.75. The molecule has 108 valence electrons. The molecule has 0 aliphatic heterocycles. The van der Waals surface area contributed by atoms with Crippen LogP contribution in [0.25, 0.3) is 0 Å². The van der Waals surface area contributed by atoms with E-state index in [2.05, 4.69) is 5.10 Å². The average Bonchev–Trinajstić information content (AvgIpc) is 2.88. The first-order valence-electron chi connectivity index (χ1n) is 5.90. The maximum atomic E-state index is 12.5. The third-order valence-corrected chi connectivity index (χ3v) is 3.04. The molecule has 0 fully saturated rings. The zero-order chi connectivity index (χ0) is 14.8. The van der Waals surface area contributed by atoms with Gasteiger partial charge in [0.05, 0.1) is 30.5 Å². The van der Waals surface area contributed by atoms with Crippen molar-refractivity contribution in [2.24, 2.45) is 5.73 Å². The number of aliphatic hydroxyl groups excluding tert-OH is 1. The van der Waals surface area contributed by atoms with Crippen molar-refractivity contribution < 1.29 is 18.3 Å². The summed E-state index contributed by atoms with van der Waals surface area (Å²) >= 11 is 0. The lowest BCUT2D eigenvalue weighted by atomic mass is 9.92. The Balaban J connectivity index is 2.25. The Bertz CT molecular complexity index is 568. The van der Waals surface area contributed by atoms with E-state index in [9.17, 15) is 18.3 Å². The molecule has 0 amide bonds. The van der Waals surface area contributed by atoms with Crippen LogP contribution >= 0.6 is 0 Å². The molecule has 20 heavy (non-hydrogen) atoms. The molecule has 2 aromatic rings. The van der Waals surface area contributed by atoms with Crippen LogP contribution < -0.4 is 5.73 Å². The largest absolute Gasteiger partial charge is 0.419 e. The van der Waals surface area contributed by atoms with E-state index in [1.165, 1.54) is 0 Å². The SMILES string of the molecule is NC(CO)(Cn1cc(C(F)(F)F)cn1)c1ccccc1. The van der Waals surface area contributed by atoms with Crippen molar-refractivity contribution in [2.75, 3.05) is 6.61 Å². The summed E-state index contributed by atoms with van der Waals surface area (Å²) in [5.41, 5.74) is 4.68. The molecule has 0 bridgehead atoms. The van der Waals surface area contributed by atoms with Crippen LogP contribution in [0.1, 0.15) is 11.1 Å². The minimum atomic E-state index is -4.44. The van der Waals surface area contributed by atoms with Crippen molar-refractivity contribution in [3.63, 3.8) is 0 Å². The van der Waals surface area contributed by atoms with E-state index in [1.807, 2.05) is 0 Å². The average molecular weight is 285 g/mol. The summed E-state index contributed by atoms with van der Waals surface area (Å²) < 4.78 is 38.6. The molecule has 1 aromatic carbocycles. The Morgan fingerprint density at radius 2 is 1.80 bits per heavy atom. The van der Waals surface area contributed by atoms with Gasteiger partial charge in [-0.1, -0.05) is 30.3 Å². The minimum absolute atomic E-state index is 0.0520. The lowest BCUT2D eigenvalue weighted by Crippen LogP contribution is -2.44. The second kappa shape index (κ2) is 5.26. The van der Waals surface area contributed by atoms with Gasteiger partial charge in [0, 0.05) is 6.20 Å². The van der Waals surface area contributed by atoms with Crippen LogP contribution in [-0.2, 0) is 18.3 Å². The van der Waals surface area contributed by atoms with Crippen LogP contribution in [-0.4, -0.2) is 21.5 Å². The highest BCUT2D eigenvalue weighted by Gasteiger charge is 2.33. The molecule has 7 heteroatoms. The second-order valence-electron chi connectivity index (χ2n) is 4.60. The number of benzene rings is 1. The number of nitrogens with two attached hydrogens (primary N) is 1. The Morgan fingerprint density at radius 3 is 2.30 bits per heavy atom. The lowest BCUT2D eigenvalue weighted by Gasteiger charge is -2.27. The van der Waals surface area contributed by atoms with Crippen molar-refractivity contribution in [2.45, 2.75) is 18.3 Å². The highest BCUT2D eigenvalue weighted by atomic mass is 19.4.